The Kier molecular flexibility index (Phi) is 4.35. The second kappa shape index (κ2) is 6.58. The van der Waals surface area contributed by atoms with E-state index in [1.807, 2.05) is 6.07 Å². The van der Waals surface area contributed by atoms with Gasteiger partial charge in [-0.3, -0.25) is 4.79 Å². The first-order chi connectivity index (χ1) is 11.2. The highest BCUT2D eigenvalue weighted by molar-refractivity contribution is 6.02. The number of ether oxygens (including phenoxy) is 4. The monoisotopic (exact) mass is 316 g/mol. The normalized spacial score (nSPS) is 16.9. The molecule has 0 aromatic heterocycles. The first kappa shape index (κ1) is 15.2. The van der Waals surface area contributed by atoms with Gasteiger partial charge >= 0.3 is 0 Å². The molecule has 23 heavy (non-hydrogen) atoms. The second-order valence-electron chi connectivity index (χ2n) is 5.02. The van der Waals surface area contributed by atoms with Crippen LogP contribution in [0.15, 0.2) is 17.7 Å². The van der Waals surface area contributed by atoms with Crippen molar-refractivity contribution >= 4 is 12.0 Å². The lowest BCUT2D eigenvalue weighted by molar-refractivity contribution is -0.130. The fraction of sp³-hybridized carbons (Fsp3) is 0.375. The zero-order valence-electron chi connectivity index (χ0n) is 12.7. The molecule has 7 nitrogen and oxygen atoms in total. The van der Waals surface area contributed by atoms with Gasteiger partial charge < -0.3 is 23.8 Å². The molecule has 2 aliphatic heterocycles. The highest BCUT2D eigenvalue weighted by atomic mass is 16.7. The molecule has 1 fully saturated rings. The quantitative estimate of drug-likeness (QED) is 0.615. The highest BCUT2D eigenvalue weighted by Gasteiger charge is 2.22. The number of rotatable bonds is 3. The fourth-order valence-electron chi connectivity index (χ4n) is 2.46. The molecule has 0 atom stereocenters. The number of nitriles is 1. The van der Waals surface area contributed by atoms with E-state index in [-0.39, 0.29) is 18.3 Å². The van der Waals surface area contributed by atoms with Gasteiger partial charge in [-0.15, -0.1) is 0 Å². The lowest BCUT2D eigenvalue weighted by Crippen LogP contribution is -2.41. The van der Waals surface area contributed by atoms with E-state index in [9.17, 15) is 10.1 Å². The number of carbonyl (C=O) groups is 1. The van der Waals surface area contributed by atoms with Crippen LogP contribution in [0.3, 0.4) is 0 Å². The van der Waals surface area contributed by atoms with E-state index in [0.717, 1.165) is 0 Å². The molecular weight excluding hydrogens is 300 g/mol. The van der Waals surface area contributed by atoms with Crippen molar-refractivity contribution in [2.24, 2.45) is 0 Å². The molecule has 0 N–H and O–H groups in total. The van der Waals surface area contributed by atoms with Crippen LogP contribution in [-0.4, -0.2) is 51.0 Å². The minimum Gasteiger partial charge on any atom is -0.496 e. The maximum absolute atomic E-state index is 12.4. The van der Waals surface area contributed by atoms with E-state index < -0.39 is 0 Å². The Morgan fingerprint density at radius 3 is 2.65 bits per heavy atom. The minimum atomic E-state index is -0.310. The van der Waals surface area contributed by atoms with Crippen molar-refractivity contribution in [1.82, 2.24) is 4.90 Å². The van der Waals surface area contributed by atoms with Crippen LogP contribution in [0, 0.1) is 11.3 Å². The number of hydrogen-bond donors (Lipinski definition) is 0. The minimum absolute atomic E-state index is 0.0454. The summed E-state index contributed by atoms with van der Waals surface area (Å²) in [5, 5.41) is 9.35. The molecule has 7 heteroatoms. The first-order valence-corrected chi connectivity index (χ1v) is 7.19. The SMILES string of the molecule is COc1cc2c(cc1/C=C(\C#N)C(=O)N1CCOCC1)OCO2. The summed E-state index contributed by atoms with van der Waals surface area (Å²) in [6.07, 6.45) is 1.51. The standard InChI is InChI=1S/C16H16N2O5/c1-20-13-8-15-14(22-10-23-15)7-11(13)6-12(9-17)16(19)18-2-4-21-5-3-18/h6-8H,2-5,10H2,1H3/b12-6+. The number of carbonyl (C=O) groups excluding carboxylic acids is 1. The van der Waals surface area contributed by atoms with Crippen molar-refractivity contribution in [3.8, 4) is 23.3 Å². The van der Waals surface area contributed by atoms with Gasteiger partial charge in [0.25, 0.3) is 5.91 Å². The fourth-order valence-corrected chi connectivity index (χ4v) is 2.46. The summed E-state index contributed by atoms with van der Waals surface area (Å²) in [6, 6.07) is 5.35. The summed E-state index contributed by atoms with van der Waals surface area (Å²) in [4.78, 5) is 14.1. The molecular formula is C16H16N2O5. The third kappa shape index (κ3) is 3.07. The maximum atomic E-state index is 12.4. The van der Waals surface area contributed by atoms with E-state index in [4.69, 9.17) is 18.9 Å². The van der Waals surface area contributed by atoms with Gasteiger partial charge in [-0.1, -0.05) is 0 Å². The van der Waals surface area contributed by atoms with Crippen molar-refractivity contribution in [1.29, 1.82) is 5.26 Å². The van der Waals surface area contributed by atoms with Crippen LogP contribution in [0.25, 0.3) is 6.08 Å². The van der Waals surface area contributed by atoms with Gasteiger partial charge in [-0.25, -0.2) is 0 Å². The van der Waals surface area contributed by atoms with Crippen LogP contribution < -0.4 is 14.2 Å². The van der Waals surface area contributed by atoms with Gasteiger partial charge in [0.1, 0.15) is 17.4 Å². The molecule has 1 aromatic rings. The lowest BCUT2D eigenvalue weighted by Gasteiger charge is -2.26. The van der Waals surface area contributed by atoms with Crippen LogP contribution in [0.2, 0.25) is 0 Å². The van der Waals surface area contributed by atoms with Crippen LogP contribution in [0.5, 0.6) is 17.2 Å². The topological polar surface area (TPSA) is 81.0 Å². The molecule has 3 rings (SSSR count). The Hall–Kier alpha value is -2.72. The molecule has 0 bridgehead atoms. The van der Waals surface area contributed by atoms with Gasteiger partial charge in [-0.2, -0.15) is 5.26 Å². The van der Waals surface area contributed by atoms with Crippen molar-refractivity contribution in [3.05, 3.63) is 23.3 Å². The number of nitrogens with zero attached hydrogens (tertiary/aromatic N) is 2. The van der Waals surface area contributed by atoms with Crippen LogP contribution >= 0.6 is 0 Å². The predicted molar refractivity (Wildman–Crippen MR) is 80.1 cm³/mol. The number of morpholine rings is 1. The van der Waals surface area contributed by atoms with Crippen LogP contribution in [-0.2, 0) is 9.53 Å². The largest absolute Gasteiger partial charge is 0.496 e. The number of hydrogen-bond acceptors (Lipinski definition) is 6. The number of benzene rings is 1. The third-order valence-electron chi connectivity index (χ3n) is 3.67. The molecule has 2 heterocycles. The Bertz CT molecular complexity index is 686. The van der Waals surface area contributed by atoms with Gasteiger partial charge in [0.15, 0.2) is 11.5 Å². The molecule has 0 aliphatic carbocycles. The Balaban J connectivity index is 1.92. The van der Waals surface area contributed by atoms with Gasteiger partial charge in [0, 0.05) is 24.7 Å². The zero-order chi connectivity index (χ0) is 16.2. The predicted octanol–water partition coefficient (Wildman–Crippen LogP) is 1.19. The van der Waals surface area contributed by atoms with Crippen molar-refractivity contribution in [3.63, 3.8) is 0 Å². The van der Waals surface area contributed by atoms with Gasteiger partial charge in [-0.05, 0) is 12.1 Å². The smallest absolute Gasteiger partial charge is 0.264 e. The van der Waals surface area contributed by atoms with E-state index in [1.54, 1.807) is 17.0 Å². The number of amides is 1. The Morgan fingerprint density at radius 1 is 1.30 bits per heavy atom. The molecule has 1 aromatic carbocycles. The van der Waals surface area contributed by atoms with Gasteiger partial charge in [0.05, 0.1) is 20.3 Å². The van der Waals surface area contributed by atoms with E-state index in [1.165, 1.54) is 13.2 Å². The number of methoxy groups -OCH3 is 1. The summed E-state index contributed by atoms with van der Waals surface area (Å²) < 4.78 is 21.2. The average molecular weight is 316 g/mol. The summed E-state index contributed by atoms with van der Waals surface area (Å²) >= 11 is 0. The zero-order valence-corrected chi connectivity index (χ0v) is 12.7. The maximum Gasteiger partial charge on any atom is 0.264 e. The Morgan fingerprint density at radius 2 is 2.00 bits per heavy atom. The highest BCUT2D eigenvalue weighted by Crippen LogP contribution is 2.38. The summed E-state index contributed by atoms with van der Waals surface area (Å²) in [7, 11) is 1.52. The molecule has 1 amide bonds. The van der Waals surface area contributed by atoms with E-state index in [0.29, 0.717) is 49.1 Å². The molecule has 0 radical (unpaired) electrons. The molecule has 120 valence electrons. The van der Waals surface area contributed by atoms with Crippen molar-refractivity contribution in [2.75, 3.05) is 40.2 Å². The van der Waals surface area contributed by atoms with Gasteiger partial charge in [0.2, 0.25) is 6.79 Å². The lowest BCUT2D eigenvalue weighted by atomic mass is 10.1. The molecule has 2 aliphatic rings. The summed E-state index contributed by atoms with van der Waals surface area (Å²) in [5.41, 5.74) is 0.638. The molecule has 0 saturated carbocycles. The second-order valence-corrected chi connectivity index (χ2v) is 5.02. The number of fused-ring (bicyclic) bond motifs is 1. The average Bonchev–Trinajstić information content (AvgIpc) is 3.06. The van der Waals surface area contributed by atoms with E-state index in [2.05, 4.69) is 0 Å². The van der Waals surface area contributed by atoms with Crippen LogP contribution in [0.4, 0.5) is 0 Å². The van der Waals surface area contributed by atoms with E-state index >= 15 is 0 Å². The Labute approximate surface area is 133 Å². The summed E-state index contributed by atoms with van der Waals surface area (Å²) in [5.74, 6) is 1.34. The van der Waals surface area contributed by atoms with Crippen LogP contribution in [0.1, 0.15) is 5.56 Å². The molecule has 0 spiro atoms. The molecule has 1 saturated heterocycles. The first-order valence-electron chi connectivity index (χ1n) is 7.19. The van der Waals surface area contributed by atoms with Crippen molar-refractivity contribution in [2.45, 2.75) is 0 Å². The third-order valence-corrected chi connectivity index (χ3v) is 3.67. The summed E-state index contributed by atoms with van der Waals surface area (Å²) in [6.45, 7) is 2.07. The molecule has 0 unspecified atom stereocenters. The van der Waals surface area contributed by atoms with Crippen molar-refractivity contribution < 1.29 is 23.7 Å².